The highest BCUT2D eigenvalue weighted by atomic mass is 32.2. The number of rotatable bonds is 7. The van der Waals surface area contributed by atoms with Crippen molar-refractivity contribution in [3.05, 3.63) is 68.3 Å². The lowest BCUT2D eigenvalue weighted by molar-refractivity contribution is -0.393. The van der Waals surface area contributed by atoms with Gasteiger partial charge in [-0.3, -0.25) is 25.7 Å². The van der Waals surface area contributed by atoms with Crippen LogP contribution in [-0.2, 0) is 0 Å². The Balaban J connectivity index is 1.98. The summed E-state index contributed by atoms with van der Waals surface area (Å²) in [5.74, 6) is 0.581. The zero-order valence-electron chi connectivity index (χ0n) is 12.7. The van der Waals surface area contributed by atoms with Gasteiger partial charge in [0.2, 0.25) is 0 Å². The number of anilines is 1. The van der Waals surface area contributed by atoms with Crippen LogP contribution >= 0.6 is 11.8 Å². The minimum Gasteiger partial charge on any atom is -0.272 e. The molecule has 0 fully saturated rings. The molecule has 2 rings (SSSR count). The largest absolute Gasteiger partial charge is 0.301 e. The van der Waals surface area contributed by atoms with Crippen LogP contribution in [0.15, 0.2) is 52.5 Å². The van der Waals surface area contributed by atoms with Crippen LogP contribution in [0.4, 0.5) is 17.1 Å². The van der Waals surface area contributed by atoms with Crippen molar-refractivity contribution in [3.63, 3.8) is 0 Å². The lowest BCUT2D eigenvalue weighted by Gasteiger charge is -2.02. The van der Waals surface area contributed by atoms with Gasteiger partial charge >= 0.3 is 5.69 Å². The van der Waals surface area contributed by atoms with E-state index in [-0.39, 0.29) is 11.4 Å². The first-order chi connectivity index (χ1) is 11.5. The first kappa shape index (κ1) is 17.4. The predicted octanol–water partition coefficient (Wildman–Crippen LogP) is 4.00. The zero-order valence-corrected chi connectivity index (χ0v) is 13.5. The fraction of sp³-hybridized carbons (Fsp3) is 0.133. The maximum Gasteiger partial charge on any atom is 0.301 e. The molecule has 9 heteroatoms. The van der Waals surface area contributed by atoms with Gasteiger partial charge in [-0.2, -0.15) is 5.10 Å². The molecule has 0 bridgehead atoms. The molecule has 0 radical (unpaired) electrons. The van der Waals surface area contributed by atoms with E-state index in [0.29, 0.717) is 5.75 Å². The van der Waals surface area contributed by atoms with Gasteiger partial charge in [-0.25, -0.2) is 0 Å². The Morgan fingerprint density at radius 1 is 1.17 bits per heavy atom. The molecule has 0 aliphatic carbocycles. The molecule has 0 heterocycles. The standard InChI is InChI=1S/C15H14N4O4S/c1-11-3-2-4-13(9-11)24-8-7-16-17-14-6-5-12(18(20)21)10-15(14)19(22)23/h2-7,9-10,17H,8H2,1H3. The Hall–Kier alpha value is -2.94. The number of hydrogen-bond donors (Lipinski definition) is 1. The number of aryl methyl sites for hydroxylation is 1. The van der Waals surface area contributed by atoms with Crippen LogP contribution < -0.4 is 5.43 Å². The fourth-order valence-corrected chi connectivity index (χ4v) is 2.66. The summed E-state index contributed by atoms with van der Waals surface area (Å²) < 4.78 is 0. The van der Waals surface area contributed by atoms with E-state index in [9.17, 15) is 20.2 Å². The van der Waals surface area contributed by atoms with Crippen molar-refractivity contribution in [1.29, 1.82) is 0 Å². The van der Waals surface area contributed by atoms with Gasteiger partial charge in [-0.05, 0) is 25.1 Å². The van der Waals surface area contributed by atoms with Gasteiger partial charge in [-0.1, -0.05) is 17.7 Å². The fourth-order valence-electron chi connectivity index (χ4n) is 1.87. The number of hydrazone groups is 1. The summed E-state index contributed by atoms with van der Waals surface area (Å²) in [6.07, 6.45) is 1.58. The number of hydrogen-bond acceptors (Lipinski definition) is 7. The molecule has 1 N–H and O–H groups in total. The smallest absolute Gasteiger partial charge is 0.272 e. The molecule has 0 saturated carbocycles. The molecule has 0 saturated heterocycles. The van der Waals surface area contributed by atoms with Gasteiger partial charge in [0.25, 0.3) is 5.69 Å². The highest BCUT2D eigenvalue weighted by molar-refractivity contribution is 7.99. The monoisotopic (exact) mass is 346 g/mol. The second-order valence-electron chi connectivity index (χ2n) is 4.77. The maximum atomic E-state index is 11.0. The third-order valence-electron chi connectivity index (χ3n) is 2.98. The number of nitro groups is 2. The van der Waals surface area contributed by atoms with Crippen molar-refractivity contribution >= 4 is 35.0 Å². The number of benzene rings is 2. The quantitative estimate of drug-likeness (QED) is 0.351. The summed E-state index contributed by atoms with van der Waals surface area (Å²) in [5.41, 5.74) is 3.08. The second kappa shape index (κ2) is 8.06. The van der Waals surface area contributed by atoms with E-state index >= 15 is 0 Å². The van der Waals surface area contributed by atoms with Crippen molar-refractivity contribution in [2.75, 3.05) is 11.2 Å². The molecular formula is C15H14N4O4S. The van der Waals surface area contributed by atoms with E-state index in [1.54, 1.807) is 18.0 Å². The van der Waals surface area contributed by atoms with Crippen molar-refractivity contribution in [2.24, 2.45) is 5.10 Å². The van der Waals surface area contributed by atoms with Crippen LogP contribution in [-0.4, -0.2) is 21.8 Å². The number of nitrogens with zero attached hydrogens (tertiary/aromatic N) is 3. The Bertz CT molecular complexity index is 795. The van der Waals surface area contributed by atoms with Gasteiger partial charge in [-0.15, -0.1) is 11.8 Å². The minimum atomic E-state index is -0.688. The molecule has 2 aromatic rings. The summed E-state index contributed by atoms with van der Waals surface area (Å²) in [4.78, 5) is 21.4. The lowest BCUT2D eigenvalue weighted by atomic mass is 10.2. The Morgan fingerprint density at radius 3 is 2.62 bits per heavy atom. The highest BCUT2D eigenvalue weighted by Gasteiger charge is 2.18. The van der Waals surface area contributed by atoms with Crippen molar-refractivity contribution in [1.82, 2.24) is 0 Å². The van der Waals surface area contributed by atoms with E-state index in [4.69, 9.17) is 0 Å². The Kier molecular flexibility index (Phi) is 5.85. The van der Waals surface area contributed by atoms with Gasteiger partial charge < -0.3 is 0 Å². The molecule has 0 aliphatic heterocycles. The summed E-state index contributed by atoms with van der Waals surface area (Å²) in [6.45, 7) is 2.01. The van der Waals surface area contributed by atoms with Gasteiger partial charge in [0.1, 0.15) is 5.69 Å². The number of nitro benzene ring substituents is 2. The summed E-state index contributed by atoms with van der Waals surface area (Å²) in [6, 6.07) is 11.4. The van der Waals surface area contributed by atoms with Crippen LogP contribution in [0.25, 0.3) is 0 Å². The number of nitrogens with one attached hydrogen (secondary N) is 1. The topological polar surface area (TPSA) is 111 Å². The van der Waals surface area contributed by atoms with Crippen LogP contribution in [0.1, 0.15) is 5.56 Å². The molecule has 0 spiro atoms. The van der Waals surface area contributed by atoms with Crippen LogP contribution in [0, 0.1) is 27.2 Å². The molecule has 2 aromatic carbocycles. The van der Waals surface area contributed by atoms with Crippen LogP contribution in [0.5, 0.6) is 0 Å². The molecule has 24 heavy (non-hydrogen) atoms. The SMILES string of the molecule is Cc1cccc(SCC=NNc2ccc([N+](=O)[O-])cc2[N+](=O)[O-])c1. The molecule has 8 nitrogen and oxygen atoms in total. The highest BCUT2D eigenvalue weighted by Crippen LogP contribution is 2.28. The third kappa shape index (κ3) is 4.78. The van der Waals surface area contributed by atoms with Gasteiger partial charge in [0.05, 0.1) is 15.9 Å². The number of non-ortho nitro benzene ring substituents is 1. The van der Waals surface area contributed by atoms with E-state index in [1.165, 1.54) is 12.1 Å². The molecule has 0 atom stereocenters. The van der Waals surface area contributed by atoms with Crippen LogP contribution in [0.3, 0.4) is 0 Å². The summed E-state index contributed by atoms with van der Waals surface area (Å²) >= 11 is 1.57. The molecule has 124 valence electrons. The van der Waals surface area contributed by atoms with Gasteiger partial charge in [0, 0.05) is 22.9 Å². The summed E-state index contributed by atoms with van der Waals surface area (Å²) in [7, 11) is 0. The maximum absolute atomic E-state index is 11.0. The molecule has 0 aromatic heterocycles. The van der Waals surface area contributed by atoms with E-state index < -0.39 is 15.5 Å². The van der Waals surface area contributed by atoms with E-state index in [0.717, 1.165) is 16.5 Å². The average molecular weight is 346 g/mol. The van der Waals surface area contributed by atoms with Crippen molar-refractivity contribution < 1.29 is 9.85 Å². The first-order valence-corrected chi connectivity index (χ1v) is 7.86. The molecule has 0 amide bonds. The average Bonchev–Trinajstić information content (AvgIpc) is 2.54. The second-order valence-corrected chi connectivity index (χ2v) is 5.86. The normalized spacial score (nSPS) is 10.7. The Morgan fingerprint density at radius 2 is 1.96 bits per heavy atom. The molecular weight excluding hydrogens is 332 g/mol. The Labute approximate surface area is 141 Å². The zero-order chi connectivity index (χ0) is 17.5. The third-order valence-corrected chi connectivity index (χ3v) is 3.88. The van der Waals surface area contributed by atoms with Crippen LogP contribution in [0.2, 0.25) is 0 Å². The summed E-state index contributed by atoms with van der Waals surface area (Å²) in [5, 5.41) is 25.6. The predicted molar refractivity (Wildman–Crippen MR) is 93.8 cm³/mol. The molecule has 0 aliphatic rings. The molecule has 0 unspecified atom stereocenters. The minimum absolute atomic E-state index is 0.0994. The lowest BCUT2D eigenvalue weighted by Crippen LogP contribution is -1.98. The van der Waals surface area contributed by atoms with E-state index in [2.05, 4.69) is 10.5 Å². The number of thioether (sulfide) groups is 1. The van der Waals surface area contributed by atoms with Gasteiger partial charge in [0.15, 0.2) is 0 Å². The van der Waals surface area contributed by atoms with Crippen molar-refractivity contribution in [3.8, 4) is 0 Å². The van der Waals surface area contributed by atoms with E-state index in [1.807, 2.05) is 31.2 Å². The van der Waals surface area contributed by atoms with Crippen molar-refractivity contribution in [2.45, 2.75) is 11.8 Å². The first-order valence-electron chi connectivity index (χ1n) is 6.87.